The van der Waals surface area contributed by atoms with Crippen molar-refractivity contribution in [2.45, 2.75) is 24.9 Å². The van der Waals surface area contributed by atoms with E-state index in [1.54, 1.807) is 19.0 Å². The number of aliphatic hydroxyl groups is 1. The number of hydrogen-bond donors (Lipinski definition) is 2. The summed E-state index contributed by atoms with van der Waals surface area (Å²) < 4.78 is 0. The standard InChI is InChI=1S/C11H23N3O2/c1-13(2)11(16)10-5-4-9(12-10)8-14(3)6-7-15/h9-10,12,15H,4-8H2,1-3H3. The van der Waals surface area contributed by atoms with Crippen molar-refractivity contribution in [2.24, 2.45) is 0 Å². The van der Waals surface area contributed by atoms with Crippen LogP contribution in [-0.4, -0.2) is 73.7 Å². The van der Waals surface area contributed by atoms with E-state index in [0.717, 1.165) is 19.4 Å². The summed E-state index contributed by atoms with van der Waals surface area (Å²) in [7, 11) is 5.56. The predicted molar refractivity (Wildman–Crippen MR) is 63.2 cm³/mol. The van der Waals surface area contributed by atoms with E-state index < -0.39 is 0 Å². The Bertz CT molecular complexity index is 233. The van der Waals surface area contributed by atoms with Crippen molar-refractivity contribution in [1.29, 1.82) is 0 Å². The van der Waals surface area contributed by atoms with Gasteiger partial charge in [0.25, 0.3) is 0 Å². The minimum absolute atomic E-state index is 0.0254. The highest BCUT2D eigenvalue weighted by Crippen LogP contribution is 2.14. The molecule has 2 N–H and O–H groups in total. The Hall–Kier alpha value is -0.650. The molecule has 0 radical (unpaired) electrons. The third-order valence-corrected chi connectivity index (χ3v) is 2.99. The van der Waals surface area contributed by atoms with E-state index in [9.17, 15) is 4.79 Å². The molecule has 2 unspecified atom stereocenters. The first-order valence-corrected chi connectivity index (χ1v) is 5.81. The number of amides is 1. The van der Waals surface area contributed by atoms with E-state index in [2.05, 4.69) is 10.2 Å². The normalized spacial score (nSPS) is 25.1. The summed E-state index contributed by atoms with van der Waals surface area (Å²) in [5.74, 6) is 0.160. The first-order chi connectivity index (χ1) is 7.54. The molecule has 1 heterocycles. The minimum atomic E-state index is -0.0254. The fourth-order valence-electron chi connectivity index (χ4n) is 2.11. The number of nitrogens with zero attached hydrogens (tertiary/aromatic N) is 2. The van der Waals surface area contributed by atoms with E-state index in [-0.39, 0.29) is 18.6 Å². The van der Waals surface area contributed by atoms with Gasteiger partial charge in [-0.05, 0) is 19.9 Å². The third kappa shape index (κ3) is 3.73. The van der Waals surface area contributed by atoms with Crippen molar-refractivity contribution in [2.75, 3.05) is 40.8 Å². The largest absolute Gasteiger partial charge is 0.395 e. The van der Waals surface area contributed by atoms with Crippen LogP contribution >= 0.6 is 0 Å². The van der Waals surface area contributed by atoms with Crippen LogP contribution in [0.3, 0.4) is 0 Å². The molecule has 1 amide bonds. The van der Waals surface area contributed by atoms with Crippen LogP contribution < -0.4 is 5.32 Å². The van der Waals surface area contributed by atoms with Gasteiger partial charge in [0.2, 0.25) is 5.91 Å². The summed E-state index contributed by atoms with van der Waals surface area (Å²) in [6.07, 6.45) is 1.94. The Balaban J connectivity index is 2.32. The second-order valence-corrected chi connectivity index (χ2v) is 4.71. The molecular formula is C11H23N3O2. The maximum absolute atomic E-state index is 11.7. The van der Waals surface area contributed by atoms with Crippen LogP contribution in [0.25, 0.3) is 0 Å². The van der Waals surface area contributed by atoms with Gasteiger partial charge in [0.05, 0.1) is 12.6 Å². The number of carbonyl (C=O) groups is 1. The van der Waals surface area contributed by atoms with Crippen molar-refractivity contribution in [3.63, 3.8) is 0 Å². The molecule has 2 atom stereocenters. The third-order valence-electron chi connectivity index (χ3n) is 2.99. The predicted octanol–water partition coefficient (Wildman–Crippen LogP) is -0.881. The molecule has 0 aliphatic carbocycles. The van der Waals surface area contributed by atoms with Gasteiger partial charge in [-0.3, -0.25) is 4.79 Å². The van der Waals surface area contributed by atoms with Gasteiger partial charge in [-0.15, -0.1) is 0 Å². The number of carbonyl (C=O) groups excluding carboxylic acids is 1. The molecular weight excluding hydrogens is 206 g/mol. The summed E-state index contributed by atoms with van der Waals surface area (Å²) >= 11 is 0. The lowest BCUT2D eigenvalue weighted by molar-refractivity contribution is -0.130. The summed E-state index contributed by atoms with van der Waals surface area (Å²) in [6, 6.07) is 0.341. The van der Waals surface area contributed by atoms with Gasteiger partial charge >= 0.3 is 0 Å². The molecule has 5 heteroatoms. The summed E-state index contributed by atoms with van der Waals surface area (Å²) in [5.41, 5.74) is 0. The van der Waals surface area contributed by atoms with Crippen LogP contribution in [0.15, 0.2) is 0 Å². The maximum Gasteiger partial charge on any atom is 0.239 e. The van der Waals surface area contributed by atoms with Gasteiger partial charge < -0.3 is 20.2 Å². The quantitative estimate of drug-likeness (QED) is 0.643. The number of nitrogens with one attached hydrogen (secondary N) is 1. The molecule has 1 aliphatic heterocycles. The molecule has 16 heavy (non-hydrogen) atoms. The van der Waals surface area contributed by atoms with Crippen LogP contribution in [0.1, 0.15) is 12.8 Å². The number of aliphatic hydroxyl groups excluding tert-OH is 1. The topological polar surface area (TPSA) is 55.8 Å². The number of hydrogen-bond acceptors (Lipinski definition) is 4. The Morgan fingerprint density at radius 3 is 2.62 bits per heavy atom. The number of rotatable bonds is 5. The van der Waals surface area contributed by atoms with Crippen LogP contribution in [-0.2, 0) is 4.79 Å². The molecule has 1 fully saturated rings. The summed E-state index contributed by atoms with van der Waals surface area (Å²) in [5, 5.41) is 12.1. The molecule has 0 aromatic heterocycles. The Morgan fingerprint density at radius 1 is 1.38 bits per heavy atom. The lowest BCUT2D eigenvalue weighted by atomic mass is 10.2. The van der Waals surface area contributed by atoms with Crippen molar-refractivity contribution in [3.05, 3.63) is 0 Å². The van der Waals surface area contributed by atoms with Crippen molar-refractivity contribution in [1.82, 2.24) is 15.1 Å². The zero-order valence-corrected chi connectivity index (χ0v) is 10.4. The fraction of sp³-hybridized carbons (Fsp3) is 0.909. The lowest BCUT2D eigenvalue weighted by Gasteiger charge is -2.21. The molecule has 0 spiro atoms. The number of likely N-dealkylation sites (N-methyl/N-ethyl adjacent to an activating group) is 2. The molecule has 0 saturated carbocycles. The van der Waals surface area contributed by atoms with E-state index in [1.165, 1.54) is 0 Å². The van der Waals surface area contributed by atoms with Gasteiger partial charge in [-0.2, -0.15) is 0 Å². The van der Waals surface area contributed by atoms with Crippen LogP contribution in [0, 0.1) is 0 Å². The molecule has 1 rings (SSSR count). The van der Waals surface area contributed by atoms with Gasteiger partial charge in [0.15, 0.2) is 0 Å². The zero-order valence-electron chi connectivity index (χ0n) is 10.4. The molecule has 1 saturated heterocycles. The Labute approximate surface area is 97.4 Å². The van der Waals surface area contributed by atoms with E-state index in [0.29, 0.717) is 12.6 Å². The average Bonchev–Trinajstić information content (AvgIpc) is 2.65. The molecule has 5 nitrogen and oxygen atoms in total. The first-order valence-electron chi connectivity index (χ1n) is 5.81. The van der Waals surface area contributed by atoms with Gasteiger partial charge in [-0.1, -0.05) is 0 Å². The second-order valence-electron chi connectivity index (χ2n) is 4.71. The first kappa shape index (κ1) is 13.4. The Kier molecular flexibility index (Phi) is 5.18. The monoisotopic (exact) mass is 229 g/mol. The van der Waals surface area contributed by atoms with Crippen molar-refractivity contribution >= 4 is 5.91 Å². The van der Waals surface area contributed by atoms with E-state index in [4.69, 9.17) is 5.11 Å². The zero-order chi connectivity index (χ0) is 12.1. The fourth-order valence-corrected chi connectivity index (χ4v) is 2.11. The van der Waals surface area contributed by atoms with Gasteiger partial charge in [0, 0.05) is 33.2 Å². The second kappa shape index (κ2) is 6.18. The highest BCUT2D eigenvalue weighted by Gasteiger charge is 2.30. The van der Waals surface area contributed by atoms with Crippen LogP contribution in [0.4, 0.5) is 0 Å². The van der Waals surface area contributed by atoms with Crippen LogP contribution in [0.2, 0.25) is 0 Å². The Morgan fingerprint density at radius 2 is 2.06 bits per heavy atom. The molecule has 94 valence electrons. The lowest BCUT2D eigenvalue weighted by Crippen LogP contribution is -2.45. The van der Waals surface area contributed by atoms with E-state index in [1.807, 2.05) is 7.05 Å². The summed E-state index contributed by atoms with van der Waals surface area (Å²) in [4.78, 5) is 15.4. The van der Waals surface area contributed by atoms with E-state index >= 15 is 0 Å². The molecule has 1 aliphatic rings. The van der Waals surface area contributed by atoms with Crippen LogP contribution in [0.5, 0.6) is 0 Å². The maximum atomic E-state index is 11.7. The SMILES string of the molecule is CN(CCO)CC1CCC(C(=O)N(C)C)N1. The minimum Gasteiger partial charge on any atom is -0.395 e. The van der Waals surface area contributed by atoms with Crippen molar-refractivity contribution < 1.29 is 9.90 Å². The average molecular weight is 229 g/mol. The van der Waals surface area contributed by atoms with Crippen molar-refractivity contribution in [3.8, 4) is 0 Å². The summed E-state index contributed by atoms with van der Waals surface area (Å²) in [6.45, 7) is 1.76. The van der Waals surface area contributed by atoms with Gasteiger partial charge in [0.1, 0.15) is 0 Å². The molecule has 0 aromatic carbocycles. The highest BCUT2D eigenvalue weighted by molar-refractivity contribution is 5.81. The smallest absolute Gasteiger partial charge is 0.239 e. The van der Waals surface area contributed by atoms with Gasteiger partial charge in [-0.25, -0.2) is 0 Å². The highest BCUT2D eigenvalue weighted by atomic mass is 16.3. The molecule has 0 aromatic rings. The molecule has 0 bridgehead atoms.